The number of hydrogen-bond acceptors (Lipinski definition) is 4. The van der Waals surface area contributed by atoms with Crippen LogP contribution in [0.4, 0.5) is 0 Å². The number of benzene rings is 1. The summed E-state index contributed by atoms with van der Waals surface area (Å²) in [6.07, 6.45) is 2.33. The van der Waals surface area contributed by atoms with Crippen LogP contribution in [0.5, 0.6) is 0 Å². The molecule has 1 amide bonds. The fraction of sp³-hybridized carbons (Fsp3) is 0.385. The topological polar surface area (TPSA) is 72.7 Å². The average Bonchev–Trinajstić information content (AvgIpc) is 2.92. The van der Waals surface area contributed by atoms with E-state index in [1.54, 1.807) is 0 Å². The van der Waals surface area contributed by atoms with Gasteiger partial charge in [-0.3, -0.25) is 4.79 Å². The van der Waals surface area contributed by atoms with Crippen LogP contribution in [-0.4, -0.2) is 32.7 Å². The fourth-order valence-electron chi connectivity index (χ4n) is 1.83. The van der Waals surface area contributed by atoms with Crippen LogP contribution in [0.3, 0.4) is 0 Å². The van der Waals surface area contributed by atoms with Crippen LogP contribution in [0.1, 0.15) is 24.8 Å². The lowest BCUT2D eigenvalue weighted by molar-refractivity contribution is -0.121. The number of amides is 1. The maximum Gasteiger partial charge on any atom is 0.241 e. The summed E-state index contributed by atoms with van der Waals surface area (Å²) in [5.74, 6) is 0.349. The molecule has 0 fully saturated rings. The molecule has 6 heteroatoms. The number of nitrogens with zero attached hydrogens (tertiary/aromatic N) is 4. The molecule has 1 atom stereocenters. The van der Waals surface area contributed by atoms with Crippen molar-refractivity contribution < 1.29 is 4.79 Å². The first kappa shape index (κ1) is 13.2. The Morgan fingerprint density at radius 1 is 1.37 bits per heavy atom. The van der Waals surface area contributed by atoms with E-state index in [4.69, 9.17) is 0 Å². The molecule has 1 aromatic carbocycles. The lowest BCUT2D eigenvalue weighted by Crippen LogP contribution is -2.29. The summed E-state index contributed by atoms with van der Waals surface area (Å²) in [6.45, 7) is 2.96. The third-order valence-corrected chi connectivity index (χ3v) is 2.97. The number of carbonyl (C=O) groups is 1. The van der Waals surface area contributed by atoms with Crippen molar-refractivity contribution in [3.63, 3.8) is 0 Å². The number of hydrogen-bond donors (Lipinski definition) is 1. The third kappa shape index (κ3) is 4.17. The molecule has 0 saturated heterocycles. The number of nitrogens with one attached hydrogen (secondary N) is 1. The van der Waals surface area contributed by atoms with E-state index in [-0.39, 0.29) is 12.5 Å². The maximum absolute atomic E-state index is 11.6. The lowest BCUT2D eigenvalue weighted by atomic mass is 9.98. The van der Waals surface area contributed by atoms with Gasteiger partial charge in [0.15, 0.2) is 0 Å². The standard InChI is InChI=1S/C13H17N5O/c1-11(12-5-3-2-4-6-12)7-8-14-13(19)9-18-10-15-16-17-18/h2-6,10-11H,7-9H2,1H3,(H,14,19). The van der Waals surface area contributed by atoms with E-state index in [0.29, 0.717) is 12.5 Å². The highest BCUT2D eigenvalue weighted by Gasteiger charge is 2.07. The van der Waals surface area contributed by atoms with Gasteiger partial charge in [0.2, 0.25) is 5.91 Å². The van der Waals surface area contributed by atoms with Gasteiger partial charge in [0.25, 0.3) is 0 Å². The van der Waals surface area contributed by atoms with Crippen LogP contribution in [-0.2, 0) is 11.3 Å². The Bertz CT molecular complexity index is 497. The fourth-order valence-corrected chi connectivity index (χ4v) is 1.83. The molecule has 19 heavy (non-hydrogen) atoms. The van der Waals surface area contributed by atoms with E-state index < -0.39 is 0 Å². The first-order chi connectivity index (χ1) is 9.25. The normalized spacial score (nSPS) is 12.1. The molecule has 0 spiro atoms. The molecule has 100 valence electrons. The number of tetrazole rings is 1. The Hall–Kier alpha value is -2.24. The second-order valence-corrected chi connectivity index (χ2v) is 4.46. The van der Waals surface area contributed by atoms with E-state index in [1.807, 2.05) is 18.2 Å². The van der Waals surface area contributed by atoms with Gasteiger partial charge in [0.1, 0.15) is 12.9 Å². The minimum absolute atomic E-state index is 0.0763. The Labute approximate surface area is 111 Å². The molecule has 1 aromatic heterocycles. The molecule has 6 nitrogen and oxygen atoms in total. The molecule has 1 heterocycles. The second kappa shape index (κ2) is 6.63. The highest BCUT2D eigenvalue weighted by Crippen LogP contribution is 2.17. The Balaban J connectivity index is 1.70. The van der Waals surface area contributed by atoms with Crippen molar-refractivity contribution in [2.45, 2.75) is 25.8 Å². The summed E-state index contributed by atoms with van der Waals surface area (Å²) in [5, 5.41) is 13.5. The molecule has 1 N–H and O–H groups in total. The zero-order valence-electron chi connectivity index (χ0n) is 10.9. The van der Waals surface area contributed by atoms with Crippen LogP contribution < -0.4 is 5.32 Å². The van der Waals surface area contributed by atoms with Gasteiger partial charge >= 0.3 is 0 Å². The van der Waals surface area contributed by atoms with Crippen molar-refractivity contribution in [3.8, 4) is 0 Å². The average molecular weight is 259 g/mol. The van der Waals surface area contributed by atoms with Crippen molar-refractivity contribution in [2.75, 3.05) is 6.54 Å². The van der Waals surface area contributed by atoms with E-state index in [0.717, 1.165) is 6.42 Å². The van der Waals surface area contributed by atoms with Crippen LogP contribution in [0, 0.1) is 0 Å². The van der Waals surface area contributed by atoms with Gasteiger partial charge in [-0.25, -0.2) is 4.68 Å². The van der Waals surface area contributed by atoms with Crippen molar-refractivity contribution in [2.24, 2.45) is 0 Å². The molecule has 2 rings (SSSR count). The van der Waals surface area contributed by atoms with Gasteiger partial charge in [0, 0.05) is 6.54 Å². The van der Waals surface area contributed by atoms with Gasteiger partial charge < -0.3 is 5.32 Å². The minimum atomic E-state index is -0.0763. The Morgan fingerprint density at radius 2 is 2.16 bits per heavy atom. The van der Waals surface area contributed by atoms with Gasteiger partial charge in [-0.15, -0.1) is 5.10 Å². The molecule has 2 aromatic rings. The Morgan fingerprint density at radius 3 is 2.84 bits per heavy atom. The molecule has 0 radical (unpaired) electrons. The summed E-state index contributed by atoms with van der Waals surface area (Å²) in [7, 11) is 0. The van der Waals surface area contributed by atoms with Gasteiger partial charge in [0.05, 0.1) is 0 Å². The van der Waals surface area contributed by atoms with Crippen LogP contribution in [0.2, 0.25) is 0 Å². The minimum Gasteiger partial charge on any atom is -0.354 e. The molecular weight excluding hydrogens is 242 g/mol. The highest BCUT2D eigenvalue weighted by molar-refractivity contribution is 5.75. The summed E-state index contributed by atoms with van der Waals surface area (Å²) >= 11 is 0. The van der Waals surface area contributed by atoms with Crippen molar-refractivity contribution >= 4 is 5.91 Å². The first-order valence-electron chi connectivity index (χ1n) is 6.28. The molecule has 0 aliphatic heterocycles. The van der Waals surface area contributed by atoms with E-state index in [1.165, 1.54) is 16.6 Å². The highest BCUT2D eigenvalue weighted by atomic mass is 16.2. The monoisotopic (exact) mass is 259 g/mol. The molecule has 0 saturated carbocycles. The van der Waals surface area contributed by atoms with Crippen LogP contribution >= 0.6 is 0 Å². The zero-order chi connectivity index (χ0) is 13.5. The van der Waals surface area contributed by atoms with Crippen LogP contribution in [0.15, 0.2) is 36.7 Å². The predicted octanol–water partition coefficient (Wildman–Crippen LogP) is 0.983. The summed E-state index contributed by atoms with van der Waals surface area (Å²) in [5.41, 5.74) is 1.29. The Kier molecular flexibility index (Phi) is 4.60. The van der Waals surface area contributed by atoms with Crippen LogP contribution in [0.25, 0.3) is 0 Å². The van der Waals surface area contributed by atoms with Gasteiger partial charge in [-0.05, 0) is 28.3 Å². The summed E-state index contributed by atoms with van der Waals surface area (Å²) < 4.78 is 1.40. The molecule has 1 unspecified atom stereocenters. The smallest absolute Gasteiger partial charge is 0.241 e. The molecule has 0 aliphatic rings. The zero-order valence-corrected chi connectivity index (χ0v) is 10.9. The SMILES string of the molecule is CC(CCNC(=O)Cn1cnnn1)c1ccccc1. The van der Waals surface area contributed by atoms with Gasteiger partial charge in [-0.2, -0.15) is 0 Å². The van der Waals surface area contributed by atoms with E-state index in [2.05, 4.69) is 39.9 Å². The number of aromatic nitrogens is 4. The summed E-state index contributed by atoms with van der Waals surface area (Å²) in [4.78, 5) is 11.6. The largest absolute Gasteiger partial charge is 0.354 e. The summed E-state index contributed by atoms with van der Waals surface area (Å²) in [6, 6.07) is 10.3. The molecule has 0 aliphatic carbocycles. The first-order valence-corrected chi connectivity index (χ1v) is 6.28. The number of rotatable bonds is 6. The number of carbonyl (C=O) groups excluding carboxylic acids is 1. The van der Waals surface area contributed by atoms with E-state index in [9.17, 15) is 4.79 Å². The van der Waals surface area contributed by atoms with Crippen molar-refractivity contribution in [1.82, 2.24) is 25.5 Å². The lowest BCUT2D eigenvalue weighted by Gasteiger charge is -2.12. The van der Waals surface area contributed by atoms with E-state index >= 15 is 0 Å². The maximum atomic E-state index is 11.6. The van der Waals surface area contributed by atoms with Crippen molar-refractivity contribution in [3.05, 3.63) is 42.2 Å². The van der Waals surface area contributed by atoms with Gasteiger partial charge in [-0.1, -0.05) is 37.3 Å². The van der Waals surface area contributed by atoms with Crippen molar-refractivity contribution in [1.29, 1.82) is 0 Å². The predicted molar refractivity (Wildman–Crippen MR) is 70.3 cm³/mol. The molecule has 0 bridgehead atoms. The molecular formula is C13H17N5O. The third-order valence-electron chi connectivity index (χ3n) is 2.97. The quantitative estimate of drug-likeness (QED) is 0.839. The second-order valence-electron chi connectivity index (χ2n) is 4.46.